The molecule has 0 heterocycles. The van der Waals surface area contributed by atoms with Crippen LogP contribution in [0, 0.1) is 5.41 Å². The summed E-state index contributed by atoms with van der Waals surface area (Å²) < 4.78 is 0. The SMILES string of the molecule is CCNC(C)C=NC=CC=N. The lowest BCUT2D eigenvalue weighted by Gasteiger charge is -2.03. The minimum Gasteiger partial charge on any atom is -0.310 e. The summed E-state index contributed by atoms with van der Waals surface area (Å²) in [5, 5.41) is 9.85. The number of rotatable bonds is 5. The van der Waals surface area contributed by atoms with Crippen LogP contribution in [0.1, 0.15) is 13.8 Å². The molecular weight excluding hydrogens is 138 g/mol. The first kappa shape index (κ1) is 10.0. The maximum Gasteiger partial charge on any atom is 0.0395 e. The van der Waals surface area contributed by atoms with Crippen LogP contribution >= 0.6 is 0 Å². The van der Waals surface area contributed by atoms with Crippen LogP contribution in [-0.2, 0) is 0 Å². The van der Waals surface area contributed by atoms with Gasteiger partial charge < -0.3 is 10.7 Å². The molecule has 0 fully saturated rings. The molecule has 0 bridgehead atoms. The second-order valence-electron chi connectivity index (χ2n) is 2.15. The van der Waals surface area contributed by atoms with Crippen LogP contribution in [0.15, 0.2) is 17.3 Å². The van der Waals surface area contributed by atoms with Gasteiger partial charge in [-0.1, -0.05) is 6.92 Å². The van der Waals surface area contributed by atoms with E-state index in [-0.39, 0.29) is 0 Å². The smallest absolute Gasteiger partial charge is 0.0395 e. The molecule has 0 rings (SSSR count). The monoisotopic (exact) mass is 153 g/mol. The highest BCUT2D eigenvalue weighted by atomic mass is 14.9. The van der Waals surface area contributed by atoms with Gasteiger partial charge >= 0.3 is 0 Å². The van der Waals surface area contributed by atoms with E-state index in [0.29, 0.717) is 6.04 Å². The van der Waals surface area contributed by atoms with Crippen molar-refractivity contribution in [3.63, 3.8) is 0 Å². The Kier molecular flexibility index (Phi) is 6.53. The maximum atomic E-state index is 6.67. The highest BCUT2D eigenvalue weighted by Gasteiger charge is 1.89. The van der Waals surface area contributed by atoms with E-state index in [1.165, 1.54) is 6.21 Å². The average molecular weight is 153 g/mol. The maximum absolute atomic E-state index is 6.67. The zero-order valence-corrected chi connectivity index (χ0v) is 7.04. The third kappa shape index (κ3) is 6.93. The van der Waals surface area contributed by atoms with Crippen LogP contribution < -0.4 is 5.32 Å². The van der Waals surface area contributed by atoms with Crippen molar-refractivity contribution in [2.24, 2.45) is 4.99 Å². The quantitative estimate of drug-likeness (QED) is 0.573. The summed E-state index contributed by atoms with van der Waals surface area (Å²) in [6.45, 7) is 5.03. The third-order valence-corrected chi connectivity index (χ3v) is 1.10. The van der Waals surface area contributed by atoms with E-state index in [2.05, 4.69) is 17.2 Å². The number of allylic oxidation sites excluding steroid dienone is 1. The zero-order chi connectivity index (χ0) is 8.53. The number of hydrogen-bond donors (Lipinski definition) is 2. The average Bonchev–Trinajstić information content (AvgIpc) is 1.99. The van der Waals surface area contributed by atoms with Gasteiger partial charge in [0.15, 0.2) is 0 Å². The van der Waals surface area contributed by atoms with E-state index in [9.17, 15) is 0 Å². The summed E-state index contributed by atoms with van der Waals surface area (Å²) in [4.78, 5) is 3.96. The summed E-state index contributed by atoms with van der Waals surface area (Å²) in [7, 11) is 0. The number of aliphatic imine (C=N–C) groups is 1. The Hall–Kier alpha value is -0.960. The summed E-state index contributed by atoms with van der Waals surface area (Å²) in [6.07, 6.45) is 6.19. The minimum atomic E-state index is 0.301. The fourth-order valence-electron chi connectivity index (χ4n) is 0.646. The number of nitrogens with one attached hydrogen (secondary N) is 2. The van der Waals surface area contributed by atoms with Gasteiger partial charge in [-0.2, -0.15) is 0 Å². The molecule has 0 aromatic carbocycles. The van der Waals surface area contributed by atoms with Crippen molar-refractivity contribution < 1.29 is 0 Å². The minimum absolute atomic E-state index is 0.301. The molecule has 3 heteroatoms. The fraction of sp³-hybridized carbons (Fsp3) is 0.500. The van der Waals surface area contributed by atoms with Crippen LogP contribution in [0.3, 0.4) is 0 Å². The number of hydrogen-bond acceptors (Lipinski definition) is 3. The normalized spacial score (nSPS) is 14.4. The van der Waals surface area contributed by atoms with E-state index < -0.39 is 0 Å². The van der Waals surface area contributed by atoms with Gasteiger partial charge in [0, 0.05) is 24.7 Å². The van der Waals surface area contributed by atoms with Crippen LogP contribution in [0.5, 0.6) is 0 Å². The molecule has 3 nitrogen and oxygen atoms in total. The summed E-state index contributed by atoms with van der Waals surface area (Å²) in [5.74, 6) is 0. The van der Waals surface area contributed by atoms with E-state index in [4.69, 9.17) is 5.41 Å². The standard InChI is InChI=1S/C8H15N3/c1-3-11-8(2)7-10-6-4-5-9/h4-9,11H,3H2,1-2H3. The zero-order valence-electron chi connectivity index (χ0n) is 7.04. The predicted molar refractivity (Wildman–Crippen MR) is 49.6 cm³/mol. The van der Waals surface area contributed by atoms with Crippen molar-refractivity contribution in [1.82, 2.24) is 5.32 Å². The van der Waals surface area contributed by atoms with E-state index in [1.807, 2.05) is 13.1 Å². The largest absolute Gasteiger partial charge is 0.310 e. The van der Waals surface area contributed by atoms with Crippen molar-refractivity contribution in [3.8, 4) is 0 Å². The first-order chi connectivity index (χ1) is 5.31. The molecule has 0 aliphatic heterocycles. The summed E-state index contributed by atoms with van der Waals surface area (Å²) in [6, 6.07) is 0.301. The van der Waals surface area contributed by atoms with Gasteiger partial charge in [-0.05, 0) is 19.5 Å². The molecule has 0 spiro atoms. The lowest BCUT2D eigenvalue weighted by molar-refractivity contribution is 0.696. The molecule has 11 heavy (non-hydrogen) atoms. The van der Waals surface area contributed by atoms with Gasteiger partial charge in [0.25, 0.3) is 0 Å². The molecule has 1 atom stereocenters. The molecule has 62 valence electrons. The highest BCUT2D eigenvalue weighted by Crippen LogP contribution is 1.77. The van der Waals surface area contributed by atoms with Crippen molar-refractivity contribution in [3.05, 3.63) is 12.3 Å². The Balaban J connectivity index is 3.54. The molecule has 2 N–H and O–H groups in total. The van der Waals surface area contributed by atoms with Gasteiger partial charge in [-0.3, -0.25) is 4.99 Å². The second kappa shape index (κ2) is 7.15. The molecule has 0 saturated heterocycles. The fourth-order valence-corrected chi connectivity index (χ4v) is 0.646. The lowest BCUT2D eigenvalue weighted by Crippen LogP contribution is -2.26. The van der Waals surface area contributed by atoms with Crippen LogP contribution in [0.25, 0.3) is 0 Å². The van der Waals surface area contributed by atoms with Crippen LogP contribution in [-0.4, -0.2) is 25.0 Å². The third-order valence-electron chi connectivity index (χ3n) is 1.10. The molecule has 0 aromatic heterocycles. The van der Waals surface area contributed by atoms with Crippen molar-refractivity contribution in [2.75, 3.05) is 6.54 Å². The molecule has 0 aliphatic carbocycles. The van der Waals surface area contributed by atoms with Crippen molar-refractivity contribution in [2.45, 2.75) is 19.9 Å². The topological polar surface area (TPSA) is 48.2 Å². The van der Waals surface area contributed by atoms with E-state index in [1.54, 1.807) is 12.3 Å². The molecule has 0 amide bonds. The Labute approximate surface area is 67.7 Å². The van der Waals surface area contributed by atoms with Crippen LogP contribution in [0.2, 0.25) is 0 Å². The first-order valence-electron chi connectivity index (χ1n) is 3.73. The molecule has 0 aromatic rings. The van der Waals surface area contributed by atoms with Gasteiger partial charge in [0.2, 0.25) is 0 Å². The molecule has 0 aliphatic rings. The van der Waals surface area contributed by atoms with Crippen molar-refractivity contribution >= 4 is 12.4 Å². The Morgan fingerprint density at radius 2 is 2.36 bits per heavy atom. The first-order valence-corrected chi connectivity index (χ1v) is 3.73. The number of nitrogens with zero attached hydrogens (tertiary/aromatic N) is 1. The Morgan fingerprint density at radius 1 is 1.64 bits per heavy atom. The van der Waals surface area contributed by atoms with Gasteiger partial charge in [-0.25, -0.2) is 0 Å². The van der Waals surface area contributed by atoms with E-state index >= 15 is 0 Å². The van der Waals surface area contributed by atoms with Gasteiger partial charge in [0.1, 0.15) is 0 Å². The van der Waals surface area contributed by atoms with Gasteiger partial charge in [-0.15, -0.1) is 0 Å². The Bertz CT molecular complexity index is 149. The summed E-state index contributed by atoms with van der Waals surface area (Å²) in [5.41, 5.74) is 0. The summed E-state index contributed by atoms with van der Waals surface area (Å²) >= 11 is 0. The second-order valence-corrected chi connectivity index (χ2v) is 2.15. The molecule has 0 saturated carbocycles. The van der Waals surface area contributed by atoms with Gasteiger partial charge in [0.05, 0.1) is 0 Å². The molecular formula is C8H15N3. The predicted octanol–water partition coefficient (Wildman–Crippen LogP) is 1.22. The lowest BCUT2D eigenvalue weighted by atomic mass is 10.4. The molecule has 1 unspecified atom stereocenters. The molecule has 0 radical (unpaired) electrons. The van der Waals surface area contributed by atoms with Crippen molar-refractivity contribution in [1.29, 1.82) is 5.41 Å². The highest BCUT2D eigenvalue weighted by molar-refractivity contribution is 5.69. The Morgan fingerprint density at radius 3 is 2.91 bits per heavy atom. The van der Waals surface area contributed by atoms with Crippen LogP contribution in [0.4, 0.5) is 0 Å². The van der Waals surface area contributed by atoms with E-state index in [0.717, 1.165) is 6.54 Å².